The number of aromatic nitrogens is 2. The molecule has 0 bridgehead atoms. The average molecular weight is 415 g/mol. The number of aryl methyl sites for hydroxylation is 2. The van der Waals surface area contributed by atoms with Gasteiger partial charge in [-0.25, -0.2) is 13.4 Å². The summed E-state index contributed by atoms with van der Waals surface area (Å²) in [7, 11) is -3.53. The van der Waals surface area contributed by atoms with E-state index in [0.717, 1.165) is 16.8 Å². The first kappa shape index (κ1) is 21.0. The number of nitrogens with zero attached hydrogens (tertiary/aromatic N) is 3. The molecule has 7 nitrogen and oxygen atoms in total. The zero-order valence-corrected chi connectivity index (χ0v) is 17.7. The Morgan fingerprint density at radius 1 is 1.14 bits per heavy atom. The number of hydrogen-bond donors (Lipinski definition) is 1. The van der Waals surface area contributed by atoms with Crippen LogP contribution in [0.25, 0.3) is 11.0 Å². The second-order valence-electron chi connectivity index (χ2n) is 6.85. The second-order valence-corrected chi connectivity index (χ2v) is 8.78. The minimum atomic E-state index is -3.53. The van der Waals surface area contributed by atoms with Crippen molar-refractivity contribution in [2.45, 2.75) is 38.6 Å². The first-order valence-electron chi connectivity index (χ1n) is 9.66. The number of carbonyl (C=O) groups is 1. The van der Waals surface area contributed by atoms with Gasteiger partial charge in [0.25, 0.3) is 0 Å². The molecule has 8 heteroatoms. The maximum Gasteiger partial charge on any atom is 0.243 e. The van der Waals surface area contributed by atoms with Crippen LogP contribution in [0.5, 0.6) is 0 Å². The van der Waals surface area contributed by atoms with Crippen LogP contribution in [-0.2, 0) is 21.4 Å². The Balaban J connectivity index is 1.72. The van der Waals surface area contributed by atoms with Crippen LogP contribution < -0.4 is 5.32 Å². The summed E-state index contributed by atoms with van der Waals surface area (Å²) >= 11 is 0. The molecular formula is C21H26N4O3S. The molecule has 0 spiro atoms. The number of fused-ring (bicyclic) bond motifs is 1. The lowest BCUT2D eigenvalue weighted by atomic mass is 10.2. The second kappa shape index (κ2) is 8.75. The van der Waals surface area contributed by atoms with Crippen LogP contribution in [0.2, 0.25) is 0 Å². The van der Waals surface area contributed by atoms with Gasteiger partial charge < -0.3 is 9.88 Å². The van der Waals surface area contributed by atoms with E-state index in [2.05, 4.69) is 10.3 Å². The molecule has 0 atom stereocenters. The molecule has 154 valence electrons. The summed E-state index contributed by atoms with van der Waals surface area (Å²) < 4.78 is 28.7. The van der Waals surface area contributed by atoms with Gasteiger partial charge in [-0.15, -0.1) is 0 Å². The summed E-state index contributed by atoms with van der Waals surface area (Å²) in [6.07, 6.45) is 1.93. The maximum atomic E-state index is 12.7. The quantitative estimate of drug-likeness (QED) is 0.612. The topological polar surface area (TPSA) is 84.3 Å². The lowest BCUT2D eigenvalue weighted by Gasteiger charge is -2.18. The van der Waals surface area contributed by atoms with Gasteiger partial charge in [-0.3, -0.25) is 4.79 Å². The van der Waals surface area contributed by atoms with Gasteiger partial charge in [-0.2, -0.15) is 4.31 Å². The van der Waals surface area contributed by atoms with E-state index in [9.17, 15) is 13.2 Å². The molecule has 0 fully saturated rings. The van der Waals surface area contributed by atoms with Crippen molar-refractivity contribution in [3.63, 3.8) is 0 Å². The number of amides is 1. The Labute approximate surface area is 171 Å². The van der Waals surface area contributed by atoms with Gasteiger partial charge in [-0.05, 0) is 42.8 Å². The fourth-order valence-corrected chi connectivity index (χ4v) is 4.74. The van der Waals surface area contributed by atoms with E-state index in [1.165, 1.54) is 4.31 Å². The van der Waals surface area contributed by atoms with E-state index in [4.69, 9.17) is 0 Å². The molecule has 0 unspecified atom stereocenters. The molecule has 1 aromatic heterocycles. The van der Waals surface area contributed by atoms with Crippen LogP contribution >= 0.6 is 0 Å². The summed E-state index contributed by atoms with van der Waals surface area (Å²) in [5, 5.41) is 2.89. The molecule has 2 aromatic carbocycles. The number of anilines is 1. The van der Waals surface area contributed by atoms with Gasteiger partial charge in [0.1, 0.15) is 0 Å². The standard InChI is InChI=1S/C21H26N4O3S/c1-4-25(5-2)29(27,28)18-9-10-20-19(14-18)22-15-24(20)12-11-21(26)23-17-8-6-7-16(3)13-17/h6-10,13-15H,4-5,11-12H2,1-3H3,(H,23,26). The number of hydrogen-bond acceptors (Lipinski definition) is 4. The predicted molar refractivity (Wildman–Crippen MR) is 114 cm³/mol. The fraction of sp³-hybridized carbons (Fsp3) is 0.333. The third-order valence-electron chi connectivity index (χ3n) is 4.82. The predicted octanol–water partition coefficient (Wildman–Crippen LogP) is 3.40. The Morgan fingerprint density at radius 3 is 2.59 bits per heavy atom. The number of imidazole rings is 1. The zero-order chi connectivity index (χ0) is 21.0. The molecule has 1 heterocycles. The molecule has 1 N–H and O–H groups in total. The van der Waals surface area contributed by atoms with Crippen LogP contribution in [0, 0.1) is 6.92 Å². The van der Waals surface area contributed by atoms with Crippen molar-refractivity contribution in [1.82, 2.24) is 13.9 Å². The summed E-state index contributed by atoms with van der Waals surface area (Å²) in [6, 6.07) is 12.6. The molecule has 0 saturated heterocycles. The smallest absolute Gasteiger partial charge is 0.243 e. The van der Waals surface area contributed by atoms with Crippen LogP contribution in [0.3, 0.4) is 0 Å². The van der Waals surface area contributed by atoms with Crippen LogP contribution in [0.1, 0.15) is 25.8 Å². The third kappa shape index (κ3) is 4.65. The lowest BCUT2D eigenvalue weighted by molar-refractivity contribution is -0.116. The maximum absolute atomic E-state index is 12.7. The Kier molecular flexibility index (Phi) is 6.34. The monoisotopic (exact) mass is 414 g/mol. The van der Waals surface area contributed by atoms with Crippen LogP contribution in [-0.4, -0.2) is 41.3 Å². The fourth-order valence-electron chi connectivity index (χ4n) is 3.26. The molecular weight excluding hydrogens is 388 g/mol. The van der Waals surface area contributed by atoms with Crippen molar-refractivity contribution < 1.29 is 13.2 Å². The molecule has 0 aliphatic heterocycles. The molecule has 0 aliphatic rings. The minimum absolute atomic E-state index is 0.0850. The SMILES string of the molecule is CCN(CC)S(=O)(=O)c1ccc2c(c1)ncn2CCC(=O)Nc1cccc(C)c1. The molecule has 0 radical (unpaired) electrons. The third-order valence-corrected chi connectivity index (χ3v) is 6.86. The zero-order valence-electron chi connectivity index (χ0n) is 16.9. The highest BCUT2D eigenvalue weighted by molar-refractivity contribution is 7.89. The molecule has 1 amide bonds. The van der Waals surface area contributed by atoms with Gasteiger partial charge in [-0.1, -0.05) is 26.0 Å². The Morgan fingerprint density at radius 2 is 1.90 bits per heavy atom. The summed E-state index contributed by atoms with van der Waals surface area (Å²) in [5.74, 6) is -0.0850. The highest BCUT2D eigenvalue weighted by atomic mass is 32.2. The number of carbonyl (C=O) groups excluding carboxylic acids is 1. The number of nitrogens with one attached hydrogen (secondary N) is 1. The lowest BCUT2D eigenvalue weighted by Crippen LogP contribution is -2.30. The number of benzene rings is 2. The van der Waals surface area contributed by atoms with Crippen LogP contribution in [0.4, 0.5) is 5.69 Å². The summed E-state index contributed by atoms with van der Waals surface area (Å²) in [6.45, 7) is 6.90. The molecule has 3 aromatic rings. The molecule has 3 rings (SSSR count). The largest absolute Gasteiger partial charge is 0.330 e. The number of rotatable bonds is 8. The summed E-state index contributed by atoms with van der Waals surface area (Å²) in [4.78, 5) is 16.8. The van der Waals surface area contributed by atoms with Gasteiger partial charge >= 0.3 is 0 Å². The first-order chi connectivity index (χ1) is 13.8. The normalized spacial score (nSPS) is 11.9. The van der Waals surface area contributed by atoms with Gasteiger partial charge in [0.2, 0.25) is 15.9 Å². The average Bonchev–Trinajstić information content (AvgIpc) is 3.09. The summed E-state index contributed by atoms with van der Waals surface area (Å²) in [5.41, 5.74) is 3.25. The number of sulfonamides is 1. The van der Waals surface area contributed by atoms with E-state index >= 15 is 0 Å². The van der Waals surface area contributed by atoms with Crippen molar-refractivity contribution in [2.75, 3.05) is 18.4 Å². The van der Waals surface area contributed by atoms with E-state index in [1.807, 2.05) is 49.6 Å². The highest BCUT2D eigenvalue weighted by Gasteiger charge is 2.22. The van der Waals surface area contributed by atoms with Gasteiger partial charge in [0.05, 0.1) is 22.3 Å². The van der Waals surface area contributed by atoms with E-state index in [-0.39, 0.29) is 10.8 Å². The first-order valence-corrected chi connectivity index (χ1v) is 11.1. The van der Waals surface area contributed by atoms with E-state index in [1.54, 1.807) is 24.5 Å². The Bertz CT molecular complexity index is 1120. The van der Waals surface area contributed by atoms with E-state index in [0.29, 0.717) is 31.6 Å². The Hall–Kier alpha value is -2.71. The molecule has 0 aliphatic carbocycles. The molecule has 0 saturated carbocycles. The van der Waals surface area contributed by atoms with Crippen molar-refractivity contribution in [3.05, 3.63) is 54.4 Å². The van der Waals surface area contributed by atoms with Crippen molar-refractivity contribution in [3.8, 4) is 0 Å². The molecule has 29 heavy (non-hydrogen) atoms. The van der Waals surface area contributed by atoms with Crippen molar-refractivity contribution in [1.29, 1.82) is 0 Å². The van der Waals surface area contributed by atoms with Crippen molar-refractivity contribution in [2.24, 2.45) is 0 Å². The van der Waals surface area contributed by atoms with Crippen LogP contribution in [0.15, 0.2) is 53.7 Å². The minimum Gasteiger partial charge on any atom is -0.330 e. The highest BCUT2D eigenvalue weighted by Crippen LogP contribution is 2.21. The van der Waals surface area contributed by atoms with Gasteiger partial charge in [0, 0.05) is 31.7 Å². The van der Waals surface area contributed by atoms with E-state index < -0.39 is 10.0 Å². The van der Waals surface area contributed by atoms with Crippen molar-refractivity contribution >= 4 is 32.7 Å². The van der Waals surface area contributed by atoms with Gasteiger partial charge in [0.15, 0.2) is 0 Å².